The molecule has 7 aromatic carbocycles. The summed E-state index contributed by atoms with van der Waals surface area (Å²) < 4.78 is 0. The number of benzene rings is 7. The van der Waals surface area contributed by atoms with E-state index >= 15 is 0 Å². The van der Waals surface area contributed by atoms with Crippen molar-refractivity contribution in [2.75, 3.05) is 4.90 Å². The van der Waals surface area contributed by atoms with Gasteiger partial charge in [-0.2, -0.15) is 0 Å². The summed E-state index contributed by atoms with van der Waals surface area (Å²) in [5, 5.41) is 2.63. The third-order valence-electron chi connectivity index (χ3n) is 10.8. The largest absolute Gasteiger partial charge is 0.310 e. The zero-order valence-corrected chi connectivity index (χ0v) is 27.4. The van der Waals surface area contributed by atoms with E-state index in [0.29, 0.717) is 0 Å². The molecule has 0 saturated carbocycles. The summed E-state index contributed by atoms with van der Waals surface area (Å²) in [6.07, 6.45) is 0. The topological polar surface area (TPSA) is 3.24 Å². The van der Waals surface area contributed by atoms with Gasteiger partial charge in [-0.1, -0.05) is 149 Å². The van der Waals surface area contributed by atoms with E-state index in [4.69, 9.17) is 0 Å². The molecule has 7 aromatic rings. The summed E-state index contributed by atoms with van der Waals surface area (Å²) in [5.74, 6) is 0. The van der Waals surface area contributed by atoms with Gasteiger partial charge < -0.3 is 4.90 Å². The van der Waals surface area contributed by atoms with Gasteiger partial charge in [0.15, 0.2) is 0 Å². The average molecular weight is 604 g/mol. The Balaban J connectivity index is 1.36. The molecule has 0 aromatic heterocycles. The first-order chi connectivity index (χ1) is 22.9. The van der Waals surface area contributed by atoms with Crippen LogP contribution in [0.5, 0.6) is 0 Å². The van der Waals surface area contributed by atoms with Crippen LogP contribution in [-0.2, 0) is 10.8 Å². The van der Waals surface area contributed by atoms with Gasteiger partial charge in [-0.3, -0.25) is 0 Å². The van der Waals surface area contributed by atoms with Crippen molar-refractivity contribution < 1.29 is 0 Å². The lowest BCUT2D eigenvalue weighted by atomic mass is 9.66. The maximum absolute atomic E-state index is 2.49. The van der Waals surface area contributed by atoms with Crippen LogP contribution in [0.2, 0.25) is 0 Å². The quantitative estimate of drug-likeness (QED) is 0.193. The molecule has 0 atom stereocenters. The molecular formula is C46H37N. The predicted molar refractivity (Wildman–Crippen MR) is 199 cm³/mol. The van der Waals surface area contributed by atoms with Gasteiger partial charge in [-0.15, -0.1) is 0 Å². The van der Waals surface area contributed by atoms with Crippen molar-refractivity contribution in [2.24, 2.45) is 0 Å². The van der Waals surface area contributed by atoms with Crippen LogP contribution >= 0.6 is 0 Å². The van der Waals surface area contributed by atoms with Crippen molar-refractivity contribution in [3.8, 4) is 33.4 Å². The zero-order valence-electron chi connectivity index (χ0n) is 27.4. The number of nitrogens with zero attached hydrogens (tertiary/aromatic N) is 1. The molecule has 1 nitrogen and oxygen atoms in total. The second-order valence-electron chi connectivity index (χ2n) is 14.2. The van der Waals surface area contributed by atoms with Crippen LogP contribution in [0.4, 0.5) is 17.1 Å². The van der Waals surface area contributed by atoms with Crippen molar-refractivity contribution in [3.05, 3.63) is 174 Å². The average Bonchev–Trinajstić information content (AvgIpc) is 3.34. The molecule has 0 aliphatic heterocycles. The second kappa shape index (κ2) is 10.0. The van der Waals surface area contributed by atoms with Gasteiger partial charge in [0.05, 0.1) is 5.69 Å². The van der Waals surface area contributed by atoms with E-state index in [-0.39, 0.29) is 10.8 Å². The molecule has 0 bridgehead atoms. The van der Waals surface area contributed by atoms with Crippen molar-refractivity contribution in [2.45, 2.75) is 38.5 Å². The molecule has 0 heterocycles. The standard InChI is InChI=1S/C46H37N/c1-45(2)38-23-12-11-20-35(38)36-27-26-33(29-40(36)45)47(32-18-9-6-10-19-32)41-28-25-31-17-13-24-39-42(31)43(41)37-22-14-21-34(44(37)46(39,3)4)30-15-7-5-8-16-30/h5-29H,1-4H3. The first-order valence-corrected chi connectivity index (χ1v) is 16.7. The number of anilines is 3. The van der Waals surface area contributed by atoms with Crippen LogP contribution in [-0.4, -0.2) is 0 Å². The molecular weight excluding hydrogens is 567 g/mol. The van der Waals surface area contributed by atoms with E-state index in [0.717, 1.165) is 5.69 Å². The Hall–Kier alpha value is -5.40. The van der Waals surface area contributed by atoms with Gasteiger partial charge >= 0.3 is 0 Å². The van der Waals surface area contributed by atoms with Crippen molar-refractivity contribution in [1.29, 1.82) is 0 Å². The van der Waals surface area contributed by atoms with Crippen LogP contribution in [0.25, 0.3) is 44.2 Å². The Kier molecular flexibility index (Phi) is 5.96. The summed E-state index contributed by atoms with van der Waals surface area (Å²) >= 11 is 0. The summed E-state index contributed by atoms with van der Waals surface area (Å²) in [6.45, 7) is 9.53. The first kappa shape index (κ1) is 27.9. The molecule has 1 heteroatoms. The molecule has 9 rings (SSSR count). The summed E-state index contributed by atoms with van der Waals surface area (Å²) in [4.78, 5) is 2.49. The van der Waals surface area contributed by atoms with E-state index in [2.05, 4.69) is 184 Å². The predicted octanol–water partition coefficient (Wildman–Crippen LogP) is 12.6. The minimum Gasteiger partial charge on any atom is -0.310 e. The normalized spacial score (nSPS) is 14.7. The molecule has 0 unspecified atom stereocenters. The van der Waals surface area contributed by atoms with Crippen molar-refractivity contribution in [1.82, 2.24) is 0 Å². The molecule has 226 valence electrons. The second-order valence-corrected chi connectivity index (χ2v) is 14.2. The lowest BCUT2D eigenvalue weighted by Gasteiger charge is -2.39. The third-order valence-corrected chi connectivity index (χ3v) is 10.8. The molecule has 0 fully saturated rings. The van der Waals surface area contributed by atoms with Gasteiger partial charge in [0.2, 0.25) is 0 Å². The van der Waals surface area contributed by atoms with Gasteiger partial charge in [0.25, 0.3) is 0 Å². The number of para-hydroxylation sites is 1. The minimum absolute atomic E-state index is 0.0870. The van der Waals surface area contributed by atoms with Crippen molar-refractivity contribution in [3.63, 3.8) is 0 Å². The summed E-state index contributed by atoms with van der Waals surface area (Å²) in [5.41, 5.74) is 16.6. The SMILES string of the molecule is CC1(C)c2ccccc2-c2ccc(N(c3ccccc3)c3ccc4cccc5c4c3-c3cccc(-c4ccccc4)c3C5(C)C)cc21. The van der Waals surface area contributed by atoms with Crippen LogP contribution in [0.3, 0.4) is 0 Å². The number of hydrogen-bond acceptors (Lipinski definition) is 1. The van der Waals surface area contributed by atoms with Gasteiger partial charge in [0.1, 0.15) is 0 Å². The lowest BCUT2D eigenvalue weighted by Crippen LogP contribution is -2.25. The molecule has 2 aliphatic rings. The van der Waals surface area contributed by atoms with Gasteiger partial charge in [0, 0.05) is 27.8 Å². The van der Waals surface area contributed by atoms with E-state index < -0.39 is 0 Å². The fourth-order valence-corrected chi connectivity index (χ4v) is 8.61. The van der Waals surface area contributed by atoms with Crippen LogP contribution in [0.1, 0.15) is 49.9 Å². The van der Waals surface area contributed by atoms with Crippen molar-refractivity contribution >= 4 is 27.8 Å². The van der Waals surface area contributed by atoms with E-state index in [1.54, 1.807) is 0 Å². The third kappa shape index (κ3) is 3.96. The molecule has 2 aliphatic carbocycles. The zero-order chi connectivity index (χ0) is 31.9. The van der Waals surface area contributed by atoms with E-state index in [1.807, 2.05) is 0 Å². The number of hydrogen-bond donors (Lipinski definition) is 0. The molecule has 47 heavy (non-hydrogen) atoms. The van der Waals surface area contributed by atoms with Gasteiger partial charge in [-0.05, 0) is 91.2 Å². The van der Waals surface area contributed by atoms with Crippen LogP contribution in [0, 0.1) is 0 Å². The fourth-order valence-electron chi connectivity index (χ4n) is 8.61. The summed E-state index contributed by atoms with van der Waals surface area (Å²) in [7, 11) is 0. The Bertz CT molecular complexity index is 2340. The first-order valence-electron chi connectivity index (χ1n) is 16.7. The number of fused-ring (bicyclic) bond motifs is 5. The number of rotatable bonds is 4. The molecule has 0 saturated heterocycles. The van der Waals surface area contributed by atoms with Gasteiger partial charge in [-0.25, -0.2) is 0 Å². The molecule has 0 radical (unpaired) electrons. The Morgan fingerprint density at radius 1 is 0.426 bits per heavy atom. The molecule has 0 amide bonds. The minimum atomic E-state index is -0.187. The highest BCUT2D eigenvalue weighted by Crippen LogP contribution is 2.56. The smallest absolute Gasteiger partial charge is 0.0546 e. The highest BCUT2D eigenvalue weighted by molar-refractivity contribution is 6.11. The monoisotopic (exact) mass is 603 g/mol. The molecule has 0 N–H and O–H groups in total. The van der Waals surface area contributed by atoms with Crippen LogP contribution < -0.4 is 4.90 Å². The summed E-state index contributed by atoms with van der Waals surface area (Å²) in [6, 6.07) is 56.2. The van der Waals surface area contributed by atoms with E-state index in [9.17, 15) is 0 Å². The van der Waals surface area contributed by atoms with E-state index in [1.165, 1.54) is 77.8 Å². The maximum Gasteiger partial charge on any atom is 0.0546 e. The molecule has 0 spiro atoms. The van der Waals surface area contributed by atoms with Crippen LogP contribution in [0.15, 0.2) is 152 Å². The highest BCUT2D eigenvalue weighted by Gasteiger charge is 2.39. The lowest BCUT2D eigenvalue weighted by molar-refractivity contribution is 0.647. The maximum atomic E-state index is 2.49. The fraction of sp³-hybridized carbons (Fsp3) is 0.130. The Morgan fingerprint density at radius 2 is 1.06 bits per heavy atom. The Labute approximate surface area is 277 Å². The highest BCUT2D eigenvalue weighted by atomic mass is 15.1. The Morgan fingerprint density at radius 3 is 1.87 bits per heavy atom.